The molecule has 3 N–H and O–H groups in total. The maximum atomic E-state index is 11.4. The van der Waals surface area contributed by atoms with Crippen molar-refractivity contribution >= 4 is 6.09 Å². The topological polar surface area (TPSA) is 70.6 Å². The van der Waals surface area contributed by atoms with E-state index >= 15 is 0 Å². The number of piperidine rings is 1. The smallest absolute Gasteiger partial charge is 0.407 e. The summed E-state index contributed by atoms with van der Waals surface area (Å²) in [5.41, 5.74) is -1.34. The molecule has 0 spiro atoms. The molecule has 0 saturated carbocycles. The number of hydrogen-bond acceptors (Lipinski definition) is 4. The predicted molar refractivity (Wildman–Crippen MR) is 61.3 cm³/mol. The van der Waals surface area contributed by atoms with Crippen LogP contribution >= 0.6 is 0 Å². The Bertz CT molecular complexity index is 242. The van der Waals surface area contributed by atoms with E-state index in [1.54, 1.807) is 0 Å². The van der Waals surface area contributed by atoms with Gasteiger partial charge in [-0.1, -0.05) is 0 Å². The van der Waals surface area contributed by atoms with Crippen molar-refractivity contribution in [2.24, 2.45) is 0 Å². The molecule has 0 aromatic heterocycles. The van der Waals surface area contributed by atoms with Gasteiger partial charge in [0.15, 0.2) is 0 Å². The molecule has 0 bridgehead atoms. The Morgan fingerprint density at radius 3 is 2.75 bits per heavy atom. The zero-order valence-electron chi connectivity index (χ0n) is 10.3. The van der Waals surface area contributed by atoms with Crippen LogP contribution in [0.2, 0.25) is 0 Å². The van der Waals surface area contributed by atoms with E-state index in [-0.39, 0.29) is 6.54 Å². The van der Waals surface area contributed by atoms with Crippen LogP contribution in [0.4, 0.5) is 4.79 Å². The largest absolute Gasteiger partial charge is 0.444 e. The molecule has 1 aliphatic rings. The van der Waals surface area contributed by atoms with Crippen LogP contribution < -0.4 is 10.6 Å². The highest BCUT2D eigenvalue weighted by Gasteiger charge is 2.30. The minimum absolute atomic E-state index is 0.231. The van der Waals surface area contributed by atoms with Crippen molar-refractivity contribution in [3.8, 4) is 0 Å². The molecule has 5 nitrogen and oxygen atoms in total. The molecule has 1 saturated heterocycles. The van der Waals surface area contributed by atoms with Crippen molar-refractivity contribution in [2.75, 3.05) is 19.6 Å². The number of nitrogens with one attached hydrogen (secondary N) is 2. The van der Waals surface area contributed by atoms with Crippen molar-refractivity contribution < 1.29 is 14.6 Å². The maximum Gasteiger partial charge on any atom is 0.407 e. The first-order valence-electron chi connectivity index (χ1n) is 5.71. The fourth-order valence-corrected chi connectivity index (χ4v) is 1.65. The second-order valence-electron chi connectivity index (χ2n) is 5.36. The molecular formula is C11H22N2O3. The molecule has 1 amide bonds. The monoisotopic (exact) mass is 230 g/mol. The Morgan fingerprint density at radius 2 is 2.25 bits per heavy atom. The lowest BCUT2D eigenvalue weighted by Gasteiger charge is -2.33. The highest BCUT2D eigenvalue weighted by atomic mass is 16.6. The number of ether oxygens (including phenoxy) is 1. The fraction of sp³-hybridized carbons (Fsp3) is 0.909. The highest BCUT2D eigenvalue weighted by Crippen LogP contribution is 2.15. The molecule has 0 aliphatic carbocycles. The first-order valence-corrected chi connectivity index (χ1v) is 5.71. The lowest BCUT2D eigenvalue weighted by molar-refractivity contribution is 0.00848. The van der Waals surface area contributed by atoms with E-state index < -0.39 is 17.3 Å². The molecule has 1 heterocycles. The third-order valence-electron chi connectivity index (χ3n) is 2.41. The molecule has 1 rings (SSSR count). The van der Waals surface area contributed by atoms with E-state index in [1.165, 1.54) is 0 Å². The Morgan fingerprint density at radius 1 is 1.56 bits per heavy atom. The van der Waals surface area contributed by atoms with Crippen LogP contribution in [-0.2, 0) is 4.74 Å². The van der Waals surface area contributed by atoms with Gasteiger partial charge in [0, 0.05) is 6.54 Å². The summed E-state index contributed by atoms with van der Waals surface area (Å²) in [6.45, 7) is 7.10. The second kappa shape index (κ2) is 5.01. The summed E-state index contributed by atoms with van der Waals surface area (Å²) in [7, 11) is 0. The number of rotatable bonds is 2. The lowest BCUT2D eigenvalue weighted by atomic mass is 9.94. The van der Waals surface area contributed by atoms with Gasteiger partial charge in [-0.15, -0.1) is 0 Å². The first kappa shape index (κ1) is 13.3. The molecular weight excluding hydrogens is 208 g/mol. The van der Waals surface area contributed by atoms with Gasteiger partial charge in [0.05, 0.1) is 12.1 Å². The molecule has 0 aromatic carbocycles. The van der Waals surface area contributed by atoms with Crippen LogP contribution in [0.5, 0.6) is 0 Å². The fourth-order valence-electron chi connectivity index (χ4n) is 1.65. The number of aliphatic hydroxyl groups is 1. The van der Waals surface area contributed by atoms with Crippen molar-refractivity contribution in [1.82, 2.24) is 10.6 Å². The van der Waals surface area contributed by atoms with Gasteiger partial charge in [0.1, 0.15) is 5.60 Å². The summed E-state index contributed by atoms with van der Waals surface area (Å²) in [6.07, 6.45) is 1.15. The van der Waals surface area contributed by atoms with Gasteiger partial charge in [-0.25, -0.2) is 4.79 Å². The average Bonchev–Trinajstić information content (AvgIpc) is 2.14. The Kier molecular flexibility index (Phi) is 4.15. The Balaban J connectivity index is 2.30. The van der Waals surface area contributed by atoms with Gasteiger partial charge in [-0.3, -0.25) is 0 Å². The lowest BCUT2D eigenvalue weighted by Crippen LogP contribution is -2.53. The number of carbonyl (C=O) groups excluding carboxylic acids is 1. The first-order chi connectivity index (χ1) is 7.31. The van der Waals surface area contributed by atoms with E-state index in [0.29, 0.717) is 13.0 Å². The number of amides is 1. The minimum Gasteiger partial charge on any atom is -0.444 e. The van der Waals surface area contributed by atoms with Gasteiger partial charge < -0.3 is 20.5 Å². The summed E-state index contributed by atoms with van der Waals surface area (Å²) in [5, 5.41) is 15.8. The molecule has 1 unspecified atom stereocenters. The standard InChI is InChI=1S/C11H22N2O3/c1-10(2,3)16-9(14)13-8-11(15)5-4-6-12-7-11/h12,15H,4-8H2,1-3H3,(H,13,14). The van der Waals surface area contributed by atoms with Crippen molar-refractivity contribution in [1.29, 1.82) is 0 Å². The normalized spacial score (nSPS) is 26.2. The number of β-amino-alcohol motifs (C(OH)–C–C–N with tert-alkyl or cyclic N) is 1. The van der Waals surface area contributed by atoms with Crippen LogP contribution in [0.3, 0.4) is 0 Å². The van der Waals surface area contributed by atoms with Gasteiger partial charge >= 0.3 is 6.09 Å². The van der Waals surface area contributed by atoms with Gasteiger partial charge in [-0.05, 0) is 40.2 Å². The Labute approximate surface area is 96.6 Å². The van der Waals surface area contributed by atoms with Crippen LogP contribution in [0.15, 0.2) is 0 Å². The number of carbonyl (C=O) groups is 1. The number of hydrogen-bond donors (Lipinski definition) is 3. The van der Waals surface area contributed by atoms with Gasteiger partial charge in [0.25, 0.3) is 0 Å². The zero-order valence-corrected chi connectivity index (χ0v) is 10.3. The molecule has 1 atom stereocenters. The Hall–Kier alpha value is -0.810. The average molecular weight is 230 g/mol. The summed E-state index contributed by atoms with van der Waals surface area (Å²) in [6, 6.07) is 0. The summed E-state index contributed by atoms with van der Waals surface area (Å²) >= 11 is 0. The third-order valence-corrected chi connectivity index (χ3v) is 2.41. The SMILES string of the molecule is CC(C)(C)OC(=O)NCC1(O)CCCNC1. The maximum absolute atomic E-state index is 11.4. The van der Waals surface area contributed by atoms with Gasteiger partial charge in [0.2, 0.25) is 0 Å². The quantitative estimate of drug-likeness (QED) is 0.650. The summed E-state index contributed by atoms with van der Waals surface area (Å²) < 4.78 is 5.09. The van der Waals surface area contributed by atoms with Crippen LogP contribution in [0, 0.1) is 0 Å². The van der Waals surface area contributed by atoms with E-state index in [9.17, 15) is 9.90 Å². The molecule has 1 fully saturated rings. The van der Waals surface area contributed by atoms with Crippen LogP contribution in [0.25, 0.3) is 0 Å². The van der Waals surface area contributed by atoms with Crippen LogP contribution in [0.1, 0.15) is 33.6 Å². The van der Waals surface area contributed by atoms with E-state index in [0.717, 1.165) is 13.0 Å². The summed E-state index contributed by atoms with van der Waals surface area (Å²) in [4.78, 5) is 11.4. The number of alkyl carbamates (subject to hydrolysis) is 1. The molecule has 5 heteroatoms. The zero-order chi connectivity index (χ0) is 12.2. The van der Waals surface area contributed by atoms with E-state index in [4.69, 9.17) is 4.74 Å². The summed E-state index contributed by atoms with van der Waals surface area (Å²) in [5.74, 6) is 0. The van der Waals surface area contributed by atoms with Crippen LogP contribution in [-0.4, -0.2) is 42.0 Å². The minimum atomic E-state index is -0.838. The third kappa shape index (κ3) is 4.81. The highest BCUT2D eigenvalue weighted by molar-refractivity contribution is 5.67. The molecule has 0 radical (unpaired) electrons. The van der Waals surface area contributed by atoms with Crippen molar-refractivity contribution in [3.05, 3.63) is 0 Å². The predicted octanol–water partition coefficient (Wildman–Crippen LogP) is 0.626. The van der Waals surface area contributed by atoms with Crippen molar-refractivity contribution in [3.63, 3.8) is 0 Å². The molecule has 0 aromatic rings. The van der Waals surface area contributed by atoms with E-state index in [1.807, 2.05) is 20.8 Å². The molecule has 94 valence electrons. The van der Waals surface area contributed by atoms with Gasteiger partial charge in [-0.2, -0.15) is 0 Å². The van der Waals surface area contributed by atoms with Crippen molar-refractivity contribution in [2.45, 2.75) is 44.8 Å². The van der Waals surface area contributed by atoms with E-state index in [2.05, 4.69) is 10.6 Å². The molecule has 16 heavy (non-hydrogen) atoms. The molecule has 1 aliphatic heterocycles. The second-order valence-corrected chi connectivity index (χ2v) is 5.36.